The van der Waals surface area contributed by atoms with Crippen LogP contribution in [0.2, 0.25) is 5.02 Å². The molecule has 0 aliphatic rings. The number of hydrogen-bond acceptors (Lipinski definition) is 1. The first-order valence-electron chi connectivity index (χ1n) is 3.76. The van der Waals surface area contributed by atoms with Gasteiger partial charge in [0.1, 0.15) is 0 Å². The third-order valence-corrected chi connectivity index (χ3v) is 2.97. The predicted octanol–water partition coefficient (Wildman–Crippen LogP) is 3.64. The Labute approximate surface area is 85.8 Å². The minimum absolute atomic E-state index is 0.609. The molecule has 1 aromatic rings. The fourth-order valence-electron chi connectivity index (χ4n) is 0.872. The maximum atomic E-state index is 5.89. The Hall–Kier alpha value is -0.0500. The van der Waals surface area contributed by atoms with Crippen molar-refractivity contribution in [2.45, 2.75) is 13.5 Å². The van der Waals surface area contributed by atoms with E-state index in [4.69, 9.17) is 16.3 Å². The monoisotopic (exact) mass is 248 g/mol. The van der Waals surface area contributed by atoms with E-state index in [-0.39, 0.29) is 0 Å². The van der Waals surface area contributed by atoms with Crippen molar-refractivity contribution in [2.24, 2.45) is 0 Å². The molecule has 0 saturated carbocycles. The van der Waals surface area contributed by atoms with E-state index in [0.717, 1.165) is 21.7 Å². The Morgan fingerprint density at radius 2 is 2.25 bits per heavy atom. The Kier molecular flexibility index (Phi) is 4.06. The Morgan fingerprint density at radius 3 is 2.92 bits per heavy atom. The first-order chi connectivity index (χ1) is 5.75. The van der Waals surface area contributed by atoms with Gasteiger partial charge in [-0.15, -0.1) is 0 Å². The summed E-state index contributed by atoms with van der Waals surface area (Å²) in [4.78, 5) is 0. The van der Waals surface area contributed by atoms with Crippen LogP contribution in [-0.2, 0) is 11.3 Å². The molecule has 0 fully saturated rings. The lowest BCUT2D eigenvalue weighted by molar-refractivity contribution is 0.133. The largest absolute Gasteiger partial charge is 0.377 e. The van der Waals surface area contributed by atoms with Gasteiger partial charge in [-0.1, -0.05) is 23.7 Å². The maximum absolute atomic E-state index is 5.89. The topological polar surface area (TPSA) is 9.23 Å². The van der Waals surface area contributed by atoms with Crippen LogP contribution in [0.1, 0.15) is 12.5 Å². The van der Waals surface area contributed by atoms with Gasteiger partial charge in [0.15, 0.2) is 0 Å². The molecule has 3 heteroatoms. The average molecular weight is 250 g/mol. The molecule has 0 spiro atoms. The van der Waals surface area contributed by atoms with E-state index in [1.807, 2.05) is 25.1 Å². The lowest BCUT2D eigenvalue weighted by atomic mass is 10.2. The molecule has 0 aliphatic carbocycles. The summed E-state index contributed by atoms with van der Waals surface area (Å²) in [6, 6.07) is 5.76. The normalized spacial score (nSPS) is 10.2. The van der Waals surface area contributed by atoms with Crippen LogP contribution in [0.4, 0.5) is 0 Å². The molecular formula is C9H10BrClO. The highest BCUT2D eigenvalue weighted by Crippen LogP contribution is 2.26. The quantitative estimate of drug-likeness (QED) is 0.795. The van der Waals surface area contributed by atoms with Gasteiger partial charge in [-0.2, -0.15) is 0 Å². The van der Waals surface area contributed by atoms with Crippen LogP contribution in [0.25, 0.3) is 0 Å². The van der Waals surface area contributed by atoms with Crippen molar-refractivity contribution < 1.29 is 4.74 Å². The molecule has 0 atom stereocenters. The van der Waals surface area contributed by atoms with Gasteiger partial charge in [-0.05, 0) is 34.5 Å². The summed E-state index contributed by atoms with van der Waals surface area (Å²) in [5, 5.41) is 0.729. The van der Waals surface area contributed by atoms with E-state index in [9.17, 15) is 0 Å². The van der Waals surface area contributed by atoms with Crippen LogP contribution in [0, 0.1) is 0 Å². The molecule has 0 radical (unpaired) electrons. The molecule has 0 bridgehead atoms. The molecule has 1 nitrogen and oxygen atoms in total. The fourth-order valence-corrected chi connectivity index (χ4v) is 1.44. The van der Waals surface area contributed by atoms with E-state index >= 15 is 0 Å². The molecule has 0 unspecified atom stereocenters. The van der Waals surface area contributed by atoms with Gasteiger partial charge in [0.05, 0.1) is 11.6 Å². The average Bonchev–Trinajstić information content (AvgIpc) is 2.08. The zero-order chi connectivity index (χ0) is 8.97. The van der Waals surface area contributed by atoms with Crippen LogP contribution in [-0.4, -0.2) is 6.61 Å². The van der Waals surface area contributed by atoms with E-state index in [1.165, 1.54) is 0 Å². The second-order valence-corrected chi connectivity index (χ2v) is 3.55. The Bertz CT molecular complexity index is 263. The number of halogens is 2. The molecule has 12 heavy (non-hydrogen) atoms. The van der Waals surface area contributed by atoms with Crippen molar-refractivity contribution in [1.82, 2.24) is 0 Å². The molecule has 0 aromatic heterocycles. The van der Waals surface area contributed by atoms with Gasteiger partial charge in [-0.3, -0.25) is 0 Å². The number of hydrogen-bond donors (Lipinski definition) is 0. The lowest BCUT2D eigenvalue weighted by Crippen LogP contribution is -1.92. The first kappa shape index (κ1) is 10.0. The zero-order valence-electron chi connectivity index (χ0n) is 6.81. The van der Waals surface area contributed by atoms with E-state index in [0.29, 0.717) is 6.61 Å². The highest BCUT2D eigenvalue weighted by atomic mass is 79.9. The van der Waals surface area contributed by atoms with E-state index in [2.05, 4.69) is 15.9 Å². The van der Waals surface area contributed by atoms with Crippen molar-refractivity contribution in [3.8, 4) is 0 Å². The summed E-state index contributed by atoms with van der Waals surface area (Å²) in [6.07, 6.45) is 0. The molecule has 0 N–H and O–H groups in total. The Morgan fingerprint density at radius 1 is 1.50 bits per heavy atom. The number of rotatable bonds is 3. The fraction of sp³-hybridized carbons (Fsp3) is 0.333. The summed E-state index contributed by atoms with van der Waals surface area (Å²) in [5.41, 5.74) is 1.09. The molecular weight excluding hydrogens is 239 g/mol. The third kappa shape index (κ3) is 2.47. The number of ether oxygens (including phenoxy) is 1. The summed E-state index contributed by atoms with van der Waals surface area (Å²) < 4.78 is 6.20. The van der Waals surface area contributed by atoms with Gasteiger partial charge in [0, 0.05) is 11.1 Å². The van der Waals surface area contributed by atoms with Gasteiger partial charge in [0.25, 0.3) is 0 Å². The molecule has 66 valence electrons. The SMILES string of the molecule is CCOCc1cccc(Cl)c1Br. The lowest BCUT2D eigenvalue weighted by Gasteiger charge is -2.05. The molecule has 1 rings (SSSR count). The van der Waals surface area contributed by atoms with Crippen molar-refractivity contribution in [1.29, 1.82) is 0 Å². The summed E-state index contributed by atoms with van der Waals surface area (Å²) in [6.45, 7) is 3.30. The third-order valence-electron chi connectivity index (χ3n) is 1.49. The van der Waals surface area contributed by atoms with Gasteiger partial charge >= 0.3 is 0 Å². The molecule has 0 saturated heterocycles. The minimum atomic E-state index is 0.609. The second kappa shape index (κ2) is 4.85. The molecule has 0 aliphatic heterocycles. The van der Waals surface area contributed by atoms with Crippen molar-refractivity contribution in [3.05, 3.63) is 33.3 Å². The standard InChI is InChI=1S/C9H10BrClO/c1-2-12-6-7-4-3-5-8(11)9(7)10/h3-5H,2,6H2,1H3. The number of benzene rings is 1. The predicted molar refractivity (Wildman–Crippen MR) is 54.5 cm³/mol. The van der Waals surface area contributed by atoms with Crippen LogP contribution < -0.4 is 0 Å². The van der Waals surface area contributed by atoms with Crippen molar-refractivity contribution in [3.63, 3.8) is 0 Å². The van der Waals surface area contributed by atoms with E-state index < -0.39 is 0 Å². The van der Waals surface area contributed by atoms with Crippen LogP contribution >= 0.6 is 27.5 Å². The summed E-state index contributed by atoms with van der Waals surface area (Å²) in [7, 11) is 0. The van der Waals surface area contributed by atoms with Gasteiger partial charge in [-0.25, -0.2) is 0 Å². The van der Waals surface area contributed by atoms with Gasteiger partial charge in [0.2, 0.25) is 0 Å². The van der Waals surface area contributed by atoms with Gasteiger partial charge < -0.3 is 4.74 Å². The summed E-state index contributed by atoms with van der Waals surface area (Å²) >= 11 is 9.29. The van der Waals surface area contributed by atoms with Crippen molar-refractivity contribution >= 4 is 27.5 Å². The Balaban J connectivity index is 2.78. The first-order valence-corrected chi connectivity index (χ1v) is 4.93. The van der Waals surface area contributed by atoms with Crippen LogP contribution in [0.3, 0.4) is 0 Å². The maximum Gasteiger partial charge on any atom is 0.0728 e. The molecule has 0 heterocycles. The molecule has 0 amide bonds. The second-order valence-electron chi connectivity index (χ2n) is 2.35. The zero-order valence-corrected chi connectivity index (χ0v) is 9.15. The van der Waals surface area contributed by atoms with Crippen LogP contribution in [0.15, 0.2) is 22.7 Å². The molecule has 1 aromatic carbocycles. The van der Waals surface area contributed by atoms with Crippen LogP contribution in [0.5, 0.6) is 0 Å². The smallest absolute Gasteiger partial charge is 0.0728 e. The van der Waals surface area contributed by atoms with Crippen molar-refractivity contribution in [2.75, 3.05) is 6.61 Å². The highest BCUT2D eigenvalue weighted by molar-refractivity contribution is 9.10. The minimum Gasteiger partial charge on any atom is -0.377 e. The van der Waals surface area contributed by atoms with E-state index in [1.54, 1.807) is 0 Å². The summed E-state index contributed by atoms with van der Waals surface area (Å²) in [5.74, 6) is 0. The highest BCUT2D eigenvalue weighted by Gasteiger charge is 2.02.